The number of esters is 1. The normalized spacial score (nSPS) is 9.15. The third kappa shape index (κ3) is 2.19. The number of halogens is 1. The van der Waals surface area contributed by atoms with Crippen molar-refractivity contribution in [1.29, 1.82) is 0 Å². The Hall–Kier alpha value is -1.07. The summed E-state index contributed by atoms with van der Waals surface area (Å²) in [6.45, 7) is 0.290. The van der Waals surface area contributed by atoms with Gasteiger partial charge in [-0.25, -0.2) is 4.79 Å². The van der Waals surface area contributed by atoms with Crippen LogP contribution >= 0.6 is 12.4 Å². The van der Waals surface area contributed by atoms with Crippen molar-refractivity contribution in [3.05, 3.63) is 17.5 Å². The van der Waals surface area contributed by atoms with Gasteiger partial charge in [0.05, 0.1) is 13.3 Å². The zero-order chi connectivity index (χ0) is 9.14. The van der Waals surface area contributed by atoms with Crippen molar-refractivity contribution in [2.75, 3.05) is 7.11 Å². The standard InChI is InChI=1S/C7H11N3O2.ClH/c1-10-6(7(11)12-2)5(3-8)4-9-10;/h4H,3,8H2,1-2H3;1H. The van der Waals surface area contributed by atoms with E-state index in [4.69, 9.17) is 5.73 Å². The molecule has 0 aliphatic rings. The first-order valence-electron chi connectivity index (χ1n) is 3.50. The van der Waals surface area contributed by atoms with E-state index in [1.165, 1.54) is 11.8 Å². The molecule has 74 valence electrons. The van der Waals surface area contributed by atoms with Crippen LogP contribution in [0.3, 0.4) is 0 Å². The summed E-state index contributed by atoms with van der Waals surface area (Å²) >= 11 is 0. The fourth-order valence-corrected chi connectivity index (χ4v) is 0.992. The number of carbonyl (C=O) groups excluding carboxylic acids is 1. The first kappa shape index (κ1) is 11.9. The Morgan fingerprint density at radius 2 is 2.38 bits per heavy atom. The van der Waals surface area contributed by atoms with Crippen molar-refractivity contribution in [2.24, 2.45) is 12.8 Å². The van der Waals surface area contributed by atoms with Crippen molar-refractivity contribution >= 4 is 18.4 Å². The molecule has 0 unspecified atom stereocenters. The molecule has 0 aromatic carbocycles. The molecular weight excluding hydrogens is 194 g/mol. The Morgan fingerprint density at radius 1 is 1.77 bits per heavy atom. The first-order valence-corrected chi connectivity index (χ1v) is 3.50. The van der Waals surface area contributed by atoms with E-state index < -0.39 is 5.97 Å². The SMILES string of the molecule is COC(=O)c1c(CN)cnn1C.Cl. The van der Waals surface area contributed by atoms with E-state index in [2.05, 4.69) is 9.84 Å². The fourth-order valence-electron chi connectivity index (χ4n) is 0.992. The zero-order valence-corrected chi connectivity index (χ0v) is 8.30. The molecule has 0 aliphatic carbocycles. The second kappa shape index (κ2) is 4.84. The van der Waals surface area contributed by atoms with E-state index in [1.807, 2.05) is 0 Å². The number of hydrogen-bond donors (Lipinski definition) is 1. The largest absolute Gasteiger partial charge is 0.464 e. The van der Waals surface area contributed by atoms with Crippen LogP contribution in [0.4, 0.5) is 0 Å². The monoisotopic (exact) mass is 205 g/mol. The number of hydrogen-bond acceptors (Lipinski definition) is 4. The van der Waals surface area contributed by atoms with Crippen LogP contribution in [0.1, 0.15) is 16.1 Å². The summed E-state index contributed by atoms with van der Waals surface area (Å²) in [5, 5.41) is 3.89. The second-order valence-electron chi connectivity index (χ2n) is 2.34. The minimum atomic E-state index is -0.407. The smallest absolute Gasteiger partial charge is 0.356 e. The molecule has 0 radical (unpaired) electrons. The minimum Gasteiger partial charge on any atom is -0.464 e. The lowest BCUT2D eigenvalue weighted by molar-refractivity contribution is 0.0587. The molecule has 2 N–H and O–H groups in total. The third-order valence-corrected chi connectivity index (χ3v) is 1.61. The van der Waals surface area contributed by atoms with Gasteiger partial charge in [-0.3, -0.25) is 4.68 Å². The number of nitrogens with two attached hydrogens (primary N) is 1. The quantitative estimate of drug-likeness (QED) is 0.695. The summed E-state index contributed by atoms with van der Waals surface area (Å²) in [5.41, 5.74) is 6.51. The molecule has 1 aromatic rings. The van der Waals surface area contributed by atoms with Gasteiger partial charge in [-0.15, -0.1) is 12.4 Å². The summed E-state index contributed by atoms with van der Waals surface area (Å²) in [5.74, 6) is -0.407. The van der Waals surface area contributed by atoms with Gasteiger partial charge >= 0.3 is 5.97 Å². The topological polar surface area (TPSA) is 70.1 Å². The average molecular weight is 206 g/mol. The van der Waals surface area contributed by atoms with Crippen LogP contribution in [0.5, 0.6) is 0 Å². The minimum absolute atomic E-state index is 0. The number of methoxy groups -OCH3 is 1. The highest BCUT2D eigenvalue weighted by Gasteiger charge is 2.15. The number of carbonyl (C=O) groups is 1. The maximum absolute atomic E-state index is 11.1. The van der Waals surface area contributed by atoms with E-state index in [0.29, 0.717) is 11.3 Å². The molecular formula is C7H12ClN3O2. The molecule has 1 heterocycles. The van der Waals surface area contributed by atoms with Crippen LogP contribution in [0, 0.1) is 0 Å². The van der Waals surface area contributed by atoms with Gasteiger partial charge < -0.3 is 10.5 Å². The van der Waals surface area contributed by atoms with Crippen LogP contribution < -0.4 is 5.73 Å². The van der Waals surface area contributed by atoms with Crippen LogP contribution in [0.15, 0.2) is 6.20 Å². The van der Waals surface area contributed by atoms with Gasteiger partial charge in [0.15, 0.2) is 5.69 Å². The van der Waals surface area contributed by atoms with Gasteiger partial charge in [0, 0.05) is 19.2 Å². The van der Waals surface area contributed by atoms with Gasteiger partial charge in [-0.05, 0) is 0 Å². The predicted molar refractivity (Wildman–Crippen MR) is 49.7 cm³/mol. The maximum Gasteiger partial charge on any atom is 0.356 e. The van der Waals surface area contributed by atoms with Gasteiger partial charge in [0.1, 0.15) is 0 Å². The molecule has 0 amide bonds. The van der Waals surface area contributed by atoms with Crippen molar-refractivity contribution in [1.82, 2.24) is 9.78 Å². The summed E-state index contributed by atoms with van der Waals surface area (Å²) in [6.07, 6.45) is 1.56. The Labute approximate surface area is 82.3 Å². The molecule has 1 rings (SSSR count). The lowest BCUT2D eigenvalue weighted by Crippen LogP contribution is -2.12. The van der Waals surface area contributed by atoms with Gasteiger partial charge in [-0.1, -0.05) is 0 Å². The lowest BCUT2D eigenvalue weighted by atomic mass is 10.2. The number of ether oxygens (including phenoxy) is 1. The lowest BCUT2D eigenvalue weighted by Gasteiger charge is -2.01. The molecule has 0 spiro atoms. The highest BCUT2D eigenvalue weighted by molar-refractivity contribution is 5.89. The summed E-state index contributed by atoms with van der Waals surface area (Å²) in [6, 6.07) is 0. The zero-order valence-electron chi connectivity index (χ0n) is 7.48. The Kier molecular flexibility index (Phi) is 4.44. The molecule has 0 saturated heterocycles. The number of aromatic nitrogens is 2. The molecule has 0 atom stereocenters. The fraction of sp³-hybridized carbons (Fsp3) is 0.429. The van der Waals surface area contributed by atoms with Crippen molar-refractivity contribution in [3.63, 3.8) is 0 Å². The van der Waals surface area contributed by atoms with E-state index in [9.17, 15) is 4.79 Å². The number of aryl methyl sites for hydroxylation is 1. The number of rotatable bonds is 2. The molecule has 0 bridgehead atoms. The van der Waals surface area contributed by atoms with Gasteiger partial charge in [0.25, 0.3) is 0 Å². The second-order valence-corrected chi connectivity index (χ2v) is 2.34. The Balaban J connectivity index is 0.00000144. The van der Waals surface area contributed by atoms with Crippen LogP contribution in [-0.4, -0.2) is 22.9 Å². The molecule has 1 aromatic heterocycles. The van der Waals surface area contributed by atoms with Gasteiger partial charge in [0.2, 0.25) is 0 Å². The summed E-state index contributed by atoms with van der Waals surface area (Å²) < 4.78 is 6.02. The van der Waals surface area contributed by atoms with Crippen LogP contribution in [-0.2, 0) is 18.3 Å². The van der Waals surface area contributed by atoms with Crippen LogP contribution in [0.2, 0.25) is 0 Å². The van der Waals surface area contributed by atoms with Gasteiger partial charge in [-0.2, -0.15) is 5.10 Å². The molecule has 5 nitrogen and oxygen atoms in total. The Bertz CT molecular complexity index is 298. The number of nitrogens with zero attached hydrogens (tertiary/aromatic N) is 2. The summed E-state index contributed by atoms with van der Waals surface area (Å²) in [7, 11) is 3.00. The van der Waals surface area contributed by atoms with Crippen molar-refractivity contribution in [3.8, 4) is 0 Å². The average Bonchev–Trinajstić information content (AvgIpc) is 2.45. The highest BCUT2D eigenvalue weighted by atomic mass is 35.5. The van der Waals surface area contributed by atoms with Crippen molar-refractivity contribution < 1.29 is 9.53 Å². The third-order valence-electron chi connectivity index (χ3n) is 1.61. The molecule has 0 fully saturated rings. The molecule has 0 saturated carbocycles. The first-order chi connectivity index (χ1) is 5.70. The highest BCUT2D eigenvalue weighted by Crippen LogP contribution is 2.07. The molecule has 13 heavy (non-hydrogen) atoms. The van der Waals surface area contributed by atoms with E-state index >= 15 is 0 Å². The maximum atomic E-state index is 11.1. The molecule has 0 aliphatic heterocycles. The van der Waals surface area contributed by atoms with E-state index in [0.717, 1.165) is 0 Å². The van der Waals surface area contributed by atoms with E-state index in [-0.39, 0.29) is 19.0 Å². The molecule has 6 heteroatoms. The van der Waals surface area contributed by atoms with E-state index in [1.54, 1.807) is 13.2 Å². The van der Waals surface area contributed by atoms with Crippen molar-refractivity contribution in [2.45, 2.75) is 6.54 Å². The predicted octanol–water partition coefficient (Wildman–Crippen LogP) is 0.0872. The summed E-state index contributed by atoms with van der Waals surface area (Å²) in [4.78, 5) is 11.1. The van der Waals surface area contributed by atoms with Crippen LogP contribution in [0.25, 0.3) is 0 Å². The Morgan fingerprint density at radius 3 is 2.85 bits per heavy atom.